The Labute approximate surface area is 111 Å². The molecule has 0 aliphatic rings. The number of hydrogen-bond acceptors (Lipinski definition) is 7. The van der Waals surface area contributed by atoms with Crippen molar-refractivity contribution in [1.29, 1.82) is 0 Å². The van der Waals surface area contributed by atoms with E-state index in [2.05, 4.69) is 0 Å². The van der Waals surface area contributed by atoms with Crippen LogP contribution in [0.15, 0.2) is 0 Å². The van der Waals surface area contributed by atoms with E-state index < -0.39 is 36.4 Å². The van der Waals surface area contributed by atoms with Crippen LogP contribution in [0.1, 0.15) is 12.8 Å². The number of carboxylic acids is 3. The Hall–Kier alpha value is -0.413. The van der Waals surface area contributed by atoms with Gasteiger partial charge < -0.3 is 34.8 Å². The number of aliphatic carboxylic acids is 3. The fraction of sp³-hybridized carbons (Fsp3) is 0.500. The molecule has 0 aromatic carbocycles. The molecule has 0 atom stereocenters. The SMILES string of the molecule is O=C([O-])CC(O)(CC(=O)[O-])C(=O)[O-].[Na+].[Si+4]. The number of aliphatic hydroxyl groups is 1. The van der Waals surface area contributed by atoms with Gasteiger partial charge in [-0.25, -0.2) is 0 Å². The molecule has 0 aromatic heterocycles. The molecule has 0 saturated carbocycles. The summed E-state index contributed by atoms with van der Waals surface area (Å²) >= 11 is 0. The summed E-state index contributed by atoms with van der Waals surface area (Å²) in [5, 5.41) is 38.9. The molecular weight excluding hydrogens is 235 g/mol. The monoisotopic (exact) mass is 240 g/mol. The quantitative estimate of drug-likeness (QED) is 0.470. The minimum absolute atomic E-state index is 0. The van der Waals surface area contributed by atoms with Crippen molar-refractivity contribution in [2.75, 3.05) is 0 Å². The molecule has 0 spiro atoms. The van der Waals surface area contributed by atoms with Crippen LogP contribution in [0.5, 0.6) is 0 Å². The van der Waals surface area contributed by atoms with Crippen LogP contribution in [0, 0.1) is 0 Å². The number of carbonyl (C=O) groups is 3. The molecule has 1 N–H and O–H groups in total. The number of carboxylic acid groups (broad SMARTS) is 3. The molecule has 0 heterocycles. The molecule has 0 unspecified atom stereocenters. The summed E-state index contributed by atoms with van der Waals surface area (Å²) in [6.07, 6.45) is -2.72. The maximum absolute atomic E-state index is 10.1. The van der Waals surface area contributed by atoms with Crippen LogP contribution in [-0.4, -0.2) is 39.6 Å². The molecule has 0 aromatic rings. The van der Waals surface area contributed by atoms with Crippen molar-refractivity contribution in [2.45, 2.75) is 18.4 Å². The molecule has 0 radical (unpaired) electrons. The second-order valence-corrected chi connectivity index (χ2v) is 2.42. The van der Waals surface area contributed by atoms with Gasteiger partial charge in [0.2, 0.25) is 0 Å². The van der Waals surface area contributed by atoms with Crippen molar-refractivity contribution in [1.82, 2.24) is 0 Å². The van der Waals surface area contributed by atoms with E-state index in [1.54, 1.807) is 0 Å². The predicted octanol–water partition coefficient (Wildman–Crippen LogP) is -8.63. The van der Waals surface area contributed by atoms with Gasteiger partial charge in [-0.2, -0.15) is 0 Å². The van der Waals surface area contributed by atoms with Gasteiger partial charge in [-0.3, -0.25) is 0 Å². The van der Waals surface area contributed by atoms with Crippen LogP contribution in [0.25, 0.3) is 0 Å². The second-order valence-electron chi connectivity index (χ2n) is 2.42. The van der Waals surface area contributed by atoms with Crippen LogP contribution in [0.4, 0.5) is 0 Å². The first-order chi connectivity index (χ1) is 5.78. The van der Waals surface area contributed by atoms with E-state index in [4.69, 9.17) is 5.11 Å². The van der Waals surface area contributed by atoms with Crippen LogP contribution in [0.2, 0.25) is 0 Å². The van der Waals surface area contributed by atoms with Crippen molar-refractivity contribution in [3.8, 4) is 0 Å². The summed E-state index contributed by atoms with van der Waals surface area (Å²) in [6.45, 7) is 0. The Morgan fingerprint density at radius 2 is 1.27 bits per heavy atom. The van der Waals surface area contributed by atoms with Gasteiger partial charge in [-0.05, 0) is 0 Å². The Bertz CT molecular complexity index is 238. The Morgan fingerprint density at radius 1 is 1.00 bits per heavy atom. The molecule has 74 valence electrons. The van der Waals surface area contributed by atoms with Crippen molar-refractivity contribution < 1.29 is 64.4 Å². The van der Waals surface area contributed by atoms with E-state index in [-0.39, 0.29) is 40.5 Å². The van der Waals surface area contributed by atoms with Gasteiger partial charge in [0.05, 0.1) is 5.97 Å². The molecule has 0 aliphatic carbocycles. The minimum Gasteiger partial charge on any atom is -0.550 e. The van der Waals surface area contributed by atoms with Crippen molar-refractivity contribution in [2.24, 2.45) is 0 Å². The van der Waals surface area contributed by atoms with Crippen molar-refractivity contribution in [3.63, 3.8) is 0 Å². The third kappa shape index (κ3) is 7.51. The van der Waals surface area contributed by atoms with Crippen molar-refractivity contribution >= 4 is 28.9 Å². The Morgan fingerprint density at radius 3 is 1.40 bits per heavy atom. The van der Waals surface area contributed by atoms with E-state index in [1.807, 2.05) is 0 Å². The second kappa shape index (κ2) is 7.82. The molecule has 0 fully saturated rings. The fourth-order valence-corrected chi connectivity index (χ4v) is 0.684. The van der Waals surface area contributed by atoms with E-state index >= 15 is 0 Å². The zero-order valence-corrected chi connectivity index (χ0v) is 10.8. The van der Waals surface area contributed by atoms with Gasteiger partial charge in [0.25, 0.3) is 0 Å². The third-order valence-electron chi connectivity index (χ3n) is 1.25. The summed E-state index contributed by atoms with van der Waals surface area (Å²) in [5.74, 6) is -5.98. The predicted molar refractivity (Wildman–Crippen MR) is 35.0 cm³/mol. The summed E-state index contributed by atoms with van der Waals surface area (Å²) in [7, 11) is 0. The Kier molecular flexibility index (Phi) is 10.5. The maximum Gasteiger partial charge on any atom is 4.00 e. The average Bonchev–Trinajstić information content (AvgIpc) is 1.82. The van der Waals surface area contributed by atoms with Gasteiger partial charge >= 0.3 is 40.5 Å². The first-order valence-corrected chi connectivity index (χ1v) is 3.11. The van der Waals surface area contributed by atoms with Gasteiger partial charge in [0.15, 0.2) is 0 Å². The first kappa shape index (κ1) is 20.1. The van der Waals surface area contributed by atoms with Crippen LogP contribution >= 0.6 is 0 Å². The average molecular weight is 240 g/mol. The molecule has 0 bridgehead atoms. The zero-order chi connectivity index (χ0) is 10.6. The molecule has 0 rings (SSSR count). The minimum atomic E-state index is -2.97. The normalized spacial score (nSPS) is 9.40. The van der Waals surface area contributed by atoms with E-state index in [9.17, 15) is 29.7 Å². The molecule has 15 heavy (non-hydrogen) atoms. The van der Waals surface area contributed by atoms with Gasteiger partial charge in [0.1, 0.15) is 5.60 Å². The van der Waals surface area contributed by atoms with Crippen LogP contribution < -0.4 is 44.9 Å². The molecule has 0 amide bonds. The number of hydrogen-bond donors (Lipinski definition) is 1. The maximum atomic E-state index is 10.1. The van der Waals surface area contributed by atoms with Crippen molar-refractivity contribution in [3.05, 3.63) is 0 Å². The topological polar surface area (TPSA) is 141 Å². The van der Waals surface area contributed by atoms with E-state index in [1.165, 1.54) is 0 Å². The Balaban J connectivity index is -0.000000720. The summed E-state index contributed by atoms with van der Waals surface area (Å²) in [5.41, 5.74) is -2.97. The standard InChI is InChI=1S/C6H8O7.Na.Si/c7-3(8)1-6(13,5(11)12)2-4(9)10;;/h13H,1-2H2,(H,7,8)(H,9,10)(H,11,12);;/q;+1;+4/p-3. The smallest absolute Gasteiger partial charge is 0.550 e. The first-order valence-electron chi connectivity index (χ1n) is 3.11. The van der Waals surface area contributed by atoms with Gasteiger partial charge in [0, 0.05) is 24.8 Å². The zero-order valence-electron chi connectivity index (χ0n) is 7.81. The van der Waals surface area contributed by atoms with Crippen LogP contribution in [-0.2, 0) is 14.4 Å². The molecule has 0 saturated heterocycles. The van der Waals surface area contributed by atoms with Gasteiger partial charge in [-0.15, -0.1) is 0 Å². The van der Waals surface area contributed by atoms with E-state index in [0.29, 0.717) is 0 Å². The van der Waals surface area contributed by atoms with E-state index in [0.717, 1.165) is 0 Å². The largest absolute Gasteiger partial charge is 4.00 e. The number of rotatable bonds is 5. The molecule has 7 nitrogen and oxygen atoms in total. The van der Waals surface area contributed by atoms with Gasteiger partial charge in [-0.1, -0.05) is 0 Å². The van der Waals surface area contributed by atoms with Crippen LogP contribution in [0.3, 0.4) is 0 Å². The molecule has 9 heteroatoms. The summed E-state index contributed by atoms with van der Waals surface area (Å²) in [4.78, 5) is 30.0. The number of carbonyl (C=O) groups excluding carboxylic acids is 3. The third-order valence-corrected chi connectivity index (χ3v) is 1.25. The molecular formula is C6H5NaO7Si+2. The fourth-order valence-electron chi connectivity index (χ4n) is 0.684. The summed E-state index contributed by atoms with van der Waals surface area (Å²) < 4.78 is 0. The molecule has 0 aliphatic heterocycles. The summed E-state index contributed by atoms with van der Waals surface area (Å²) in [6, 6.07) is 0.